The third kappa shape index (κ3) is 3.76. The Morgan fingerprint density at radius 3 is 2.76 bits per heavy atom. The summed E-state index contributed by atoms with van der Waals surface area (Å²) in [6.07, 6.45) is 8.36. The van der Waals surface area contributed by atoms with Gasteiger partial charge in [-0.3, -0.25) is 14.9 Å². The molecule has 7 heteroatoms. The minimum absolute atomic E-state index is 0.0612. The van der Waals surface area contributed by atoms with Crippen molar-refractivity contribution in [2.75, 3.05) is 0 Å². The third-order valence-corrected chi connectivity index (χ3v) is 4.30. The second kappa shape index (κ2) is 7.29. The lowest BCUT2D eigenvalue weighted by Gasteiger charge is -2.04. The van der Waals surface area contributed by atoms with E-state index in [1.807, 2.05) is 16.8 Å². The Labute approximate surface area is 144 Å². The van der Waals surface area contributed by atoms with Gasteiger partial charge < -0.3 is 5.11 Å². The first-order valence-corrected chi connectivity index (χ1v) is 8.30. The molecule has 0 fully saturated rings. The predicted molar refractivity (Wildman–Crippen MR) is 92.8 cm³/mol. The number of aromatic nitrogens is 2. The number of non-ortho nitro benzene ring substituents is 1. The van der Waals surface area contributed by atoms with E-state index in [1.165, 1.54) is 17.7 Å². The van der Waals surface area contributed by atoms with Crippen molar-refractivity contribution >= 4 is 17.7 Å². The zero-order valence-electron chi connectivity index (χ0n) is 13.7. The zero-order chi connectivity index (χ0) is 17.8. The van der Waals surface area contributed by atoms with Gasteiger partial charge in [0.15, 0.2) is 0 Å². The lowest BCUT2D eigenvalue weighted by molar-refractivity contribution is -0.384. The fourth-order valence-corrected chi connectivity index (χ4v) is 3.10. The van der Waals surface area contributed by atoms with E-state index in [-0.39, 0.29) is 12.1 Å². The molecule has 1 aliphatic rings. The van der Waals surface area contributed by atoms with E-state index in [4.69, 9.17) is 5.11 Å². The van der Waals surface area contributed by atoms with E-state index < -0.39 is 10.9 Å². The Bertz CT molecular complexity index is 822. The first kappa shape index (κ1) is 16.9. The van der Waals surface area contributed by atoms with Crippen molar-refractivity contribution in [3.8, 4) is 5.69 Å². The van der Waals surface area contributed by atoms with Crippen molar-refractivity contribution < 1.29 is 14.8 Å². The number of benzene rings is 1. The van der Waals surface area contributed by atoms with Crippen LogP contribution in [0.25, 0.3) is 11.8 Å². The number of rotatable bonds is 7. The van der Waals surface area contributed by atoms with Crippen LogP contribution in [-0.2, 0) is 17.6 Å². The Kier molecular flexibility index (Phi) is 4.92. The molecule has 0 atom stereocenters. The minimum Gasteiger partial charge on any atom is -0.481 e. The van der Waals surface area contributed by atoms with Crippen LogP contribution in [0.3, 0.4) is 0 Å². The number of hydrogen-bond acceptors (Lipinski definition) is 4. The molecule has 0 radical (unpaired) electrons. The number of hydrogen-bond donors (Lipinski definition) is 1. The van der Waals surface area contributed by atoms with Crippen molar-refractivity contribution in [2.45, 2.75) is 38.5 Å². The monoisotopic (exact) mass is 341 g/mol. The van der Waals surface area contributed by atoms with Crippen molar-refractivity contribution in [3.05, 3.63) is 57.4 Å². The molecule has 1 heterocycles. The van der Waals surface area contributed by atoms with E-state index in [0.717, 1.165) is 36.3 Å². The van der Waals surface area contributed by atoms with Crippen LogP contribution in [0, 0.1) is 10.1 Å². The van der Waals surface area contributed by atoms with Crippen molar-refractivity contribution in [1.29, 1.82) is 0 Å². The first-order chi connectivity index (χ1) is 12.1. The van der Waals surface area contributed by atoms with Crippen LogP contribution in [0.1, 0.15) is 42.6 Å². The molecule has 0 unspecified atom stereocenters. The van der Waals surface area contributed by atoms with Gasteiger partial charge in [0.05, 0.1) is 16.3 Å². The molecule has 0 bridgehead atoms. The summed E-state index contributed by atoms with van der Waals surface area (Å²) in [5, 5.41) is 24.1. The summed E-state index contributed by atoms with van der Waals surface area (Å²) >= 11 is 0. The number of aliphatic carboxylic acids is 1. The number of nitrogens with zero attached hydrogens (tertiary/aromatic N) is 3. The maximum absolute atomic E-state index is 10.8. The van der Waals surface area contributed by atoms with Gasteiger partial charge in [-0.15, -0.1) is 0 Å². The van der Waals surface area contributed by atoms with Crippen molar-refractivity contribution in [1.82, 2.24) is 9.78 Å². The fourth-order valence-electron chi connectivity index (χ4n) is 3.10. The van der Waals surface area contributed by atoms with Gasteiger partial charge in [0.1, 0.15) is 0 Å². The Morgan fingerprint density at radius 2 is 2.08 bits per heavy atom. The quantitative estimate of drug-likeness (QED) is 0.472. The summed E-state index contributed by atoms with van der Waals surface area (Å²) in [6.45, 7) is 0. The molecule has 2 aromatic rings. The molecule has 1 aliphatic carbocycles. The molecule has 0 saturated carbocycles. The van der Waals surface area contributed by atoms with Gasteiger partial charge in [0.25, 0.3) is 5.69 Å². The summed E-state index contributed by atoms with van der Waals surface area (Å²) in [7, 11) is 0. The van der Waals surface area contributed by atoms with E-state index in [1.54, 1.807) is 12.1 Å². The molecule has 130 valence electrons. The van der Waals surface area contributed by atoms with Crippen LogP contribution in [0.2, 0.25) is 0 Å². The van der Waals surface area contributed by atoms with Crippen molar-refractivity contribution in [3.63, 3.8) is 0 Å². The molecule has 1 aromatic heterocycles. The minimum atomic E-state index is -0.781. The largest absolute Gasteiger partial charge is 0.481 e. The predicted octanol–water partition coefficient (Wildman–Crippen LogP) is 3.54. The summed E-state index contributed by atoms with van der Waals surface area (Å²) in [5.74, 6) is -0.781. The number of nitro groups is 1. The van der Waals surface area contributed by atoms with Crippen molar-refractivity contribution in [2.24, 2.45) is 0 Å². The van der Waals surface area contributed by atoms with Crippen LogP contribution in [0.4, 0.5) is 5.69 Å². The Balaban J connectivity index is 1.81. The SMILES string of the molecule is O=C(O)CCC/C=C/c1nn(-c2ccc([N+](=O)[O-])cc2)c2c1CCC2. The van der Waals surface area contributed by atoms with Gasteiger partial charge in [-0.05, 0) is 50.3 Å². The number of carboxylic acid groups (broad SMARTS) is 1. The summed E-state index contributed by atoms with van der Waals surface area (Å²) in [5.41, 5.74) is 4.15. The standard InChI is InChI=1S/C18H19N3O4/c22-18(23)8-3-1-2-6-16-15-5-4-7-17(15)20(19-16)13-9-11-14(12-10-13)21(24)25/h2,6,9-12H,1,3-5,7-8H2,(H,22,23)/b6-2+. The number of carbonyl (C=O) groups is 1. The lowest BCUT2D eigenvalue weighted by Crippen LogP contribution is -2.01. The van der Waals surface area contributed by atoms with Crippen LogP contribution < -0.4 is 0 Å². The molecule has 25 heavy (non-hydrogen) atoms. The molecule has 0 amide bonds. The number of carboxylic acids is 1. The Morgan fingerprint density at radius 1 is 1.32 bits per heavy atom. The highest BCUT2D eigenvalue weighted by Crippen LogP contribution is 2.29. The van der Waals surface area contributed by atoms with E-state index in [2.05, 4.69) is 5.10 Å². The van der Waals surface area contributed by atoms with Crippen LogP contribution in [0.15, 0.2) is 30.3 Å². The average Bonchev–Trinajstić information content (AvgIpc) is 3.18. The molecule has 7 nitrogen and oxygen atoms in total. The number of allylic oxidation sites excluding steroid dienone is 1. The second-order valence-corrected chi connectivity index (χ2v) is 6.04. The summed E-state index contributed by atoms with van der Waals surface area (Å²) in [6, 6.07) is 6.40. The summed E-state index contributed by atoms with van der Waals surface area (Å²) < 4.78 is 1.86. The van der Waals surface area contributed by atoms with Gasteiger partial charge in [-0.25, -0.2) is 4.68 Å². The molecular formula is C18H19N3O4. The molecule has 0 spiro atoms. The number of nitro benzene ring substituents is 1. The molecule has 0 saturated heterocycles. The van der Waals surface area contributed by atoms with Gasteiger partial charge in [-0.1, -0.05) is 6.08 Å². The van der Waals surface area contributed by atoms with Gasteiger partial charge >= 0.3 is 5.97 Å². The number of unbranched alkanes of at least 4 members (excludes halogenated alkanes) is 1. The Hall–Kier alpha value is -2.96. The number of fused-ring (bicyclic) bond motifs is 1. The highest BCUT2D eigenvalue weighted by atomic mass is 16.6. The van der Waals surface area contributed by atoms with Crippen LogP contribution >= 0.6 is 0 Å². The van der Waals surface area contributed by atoms with E-state index in [9.17, 15) is 14.9 Å². The highest BCUT2D eigenvalue weighted by molar-refractivity contribution is 5.66. The van der Waals surface area contributed by atoms with E-state index >= 15 is 0 Å². The molecule has 3 rings (SSSR count). The zero-order valence-corrected chi connectivity index (χ0v) is 13.7. The summed E-state index contributed by atoms with van der Waals surface area (Å²) in [4.78, 5) is 20.9. The highest BCUT2D eigenvalue weighted by Gasteiger charge is 2.22. The second-order valence-electron chi connectivity index (χ2n) is 6.04. The fraction of sp³-hybridized carbons (Fsp3) is 0.333. The van der Waals surface area contributed by atoms with Crippen LogP contribution in [0.5, 0.6) is 0 Å². The molecule has 1 aromatic carbocycles. The molecule has 0 aliphatic heterocycles. The van der Waals surface area contributed by atoms with E-state index in [0.29, 0.717) is 12.8 Å². The van der Waals surface area contributed by atoms with Gasteiger partial charge in [0.2, 0.25) is 0 Å². The molecular weight excluding hydrogens is 322 g/mol. The lowest BCUT2D eigenvalue weighted by atomic mass is 10.1. The first-order valence-electron chi connectivity index (χ1n) is 8.30. The normalized spacial score (nSPS) is 13.3. The smallest absolute Gasteiger partial charge is 0.303 e. The third-order valence-electron chi connectivity index (χ3n) is 4.30. The topological polar surface area (TPSA) is 98.3 Å². The maximum atomic E-state index is 10.8. The van der Waals surface area contributed by atoms with Gasteiger partial charge in [-0.2, -0.15) is 5.10 Å². The van der Waals surface area contributed by atoms with Crippen LogP contribution in [-0.4, -0.2) is 25.8 Å². The maximum Gasteiger partial charge on any atom is 0.303 e. The molecule has 1 N–H and O–H groups in total. The van der Waals surface area contributed by atoms with Gasteiger partial charge in [0, 0.05) is 29.8 Å². The average molecular weight is 341 g/mol.